The van der Waals surface area contributed by atoms with Crippen LogP contribution in [-0.2, 0) is 42.7 Å². The van der Waals surface area contributed by atoms with Gasteiger partial charge in [-0.25, -0.2) is 4.79 Å². The highest BCUT2D eigenvalue weighted by molar-refractivity contribution is 7.80. The van der Waals surface area contributed by atoms with Gasteiger partial charge in [-0.2, -0.15) is 12.6 Å². The van der Waals surface area contributed by atoms with Gasteiger partial charge in [0, 0.05) is 24.8 Å². The minimum atomic E-state index is -0.396. The number of ether oxygens (including phenoxy) is 7. The van der Waals surface area contributed by atoms with Gasteiger partial charge < -0.3 is 42.9 Å². The summed E-state index contributed by atoms with van der Waals surface area (Å²) in [6.07, 6.45) is 3.05. The second-order valence-corrected chi connectivity index (χ2v) is 9.25. The molecule has 0 saturated carbocycles. The number of hydrogen-bond acceptors (Lipinski definition) is 11. The van der Waals surface area contributed by atoms with Crippen LogP contribution >= 0.6 is 12.6 Å². The Balaban J connectivity index is 0.00000434. The van der Waals surface area contributed by atoms with E-state index in [9.17, 15) is 14.4 Å². The lowest BCUT2D eigenvalue weighted by Crippen LogP contribution is -2.39. The minimum Gasteiger partial charge on any atom is -0.463 e. The highest BCUT2D eigenvalue weighted by Crippen LogP contribution is 2.15. The highest BCUT2D eigenvalue weighted by atomic mass is 32.1. The van der Waals surface area contributed by atoms with Crippen molar-refractivity contribution in [1.29, 1.82) is 0 Å². The van der Waals surface area contributed by atoms with Crippen molar-refractivity contribution in [3.05, 3.63) is 0 Å². The molecule has 224 valence electrons. The van der Waals surface area contributed by atoms with Gasteiger partial charge in [0.1, 0.15) is 19.0 Å². The van der Waals surface area contributed by atoms with Crippen LogP contribution in [0.4, 0.5) is 4.79 Å². The van der Waals surface area contributed by atoms with Crippen molar-refractivity contribution in [3.8, 4) is 0 Å². The summed E-state index contributed by atoms with van der Waals surface area (Å²) in [5.74, 6) is -0.433. The molecule has 12 heteroatoms. The van der Waals surface area contributed by atoms with Crippen LogP contribution in [-0.4, -0.2) is 120 Å². The molecule has 0 aromatic rings. The fourth-order valence-corrected chi connectivity index (χ4v) is 3.10. The fraction of sp³-hybridized carbons (Fsp3) is 0.885. The average molecular weight is 568 g/mol. The molecule has 0 N–H and O–H groups in total. The Morgan fingerprint density at radius 2 is 1.03 bits per heavy atom. The van der Waals surface area contributed by atoms with Crippen molar-refractivity contribution in [2.45, 2.75) is 58.1 Å². The number of amides is 1. The molecular formula is C26H49NO10S. The summed E-state index contributed by atoms with van der Waals surface area (Å²) in [7, 11) is 0. The van der Waals surface area contributed by atoms with E-state index in [1.807, 2.05) is 0 Å². The van der Waals surface area contributed by atoms with E-state index in [0.717, 1.165) is 12.8 Å². The molecule has 0 aliphatic carbocycles. The normalized spacial score (nSPS) is 13.5. The van der Waals surface area contributed by atoms with E-state index in [4.69, 9.17) is 33.2 Å². The minimum absolute atomic E-state index is 0.0366. The number of Topliss-reactive ketones (excluding diaryl/α,β-unsaturated/α-hetero) is 1. The molecule has 1 fully saturated rings. The number of ketones is 1. The molecule has 1 aliphatic heterocycles. The van der Waals surface area contributed by atoms with Crippen LogP contribution in [0, 0.1) is 0 Å². The number of nitrogens with zero attached hydrogens (tertiary/aromatic N) is 1. The molecule has 0 atom stereocenters. The van der Waals surface area contributed by atoms with Gasteiger partial charge >= 0.3 is 12.1 Å². The molecule has 1 rings (SSSR count). The van der Waals surface area contributed by atoms with E-state index in [-0.39, 0.29) is 44.5 Å². The first-order chi connectivity index (χ1) is 18.4. The van der Waals surface area contributed by atoms with Crippen molar-refractivity contribution < 1.29 is 47.5 Å². The molecule has 1 heterocycles. The lowest BCUT2D eigenvalue weighted by Gasteiger charge is -2.28. The zero-order valence-electron chi connectivity index (χ0n) is 23.5. The smallest absolute Gasteiger partial charge is 0.409 e. The number of carbonyl (C=O) groups is 3. The van der Waals surface area contributed by atoms with Gasteiger partial charge in [0.2, 0.25) is 0 Å². The molecule has 0 aromatic carbocycles. The second kappa shape index (κ2) is 27.1. The molecule has 0 radical (unpaired) electrons. The first-order valence-corrected chi connectivity index (χ1v) is 14.1. The highest BCUT2D eigenvalue weighted by Gasteiger charge is 2.21. The lowest BCUT2D eigenvalue weighted by atomic mass is 10.1. The molecule has 0 bridgehead atoms. The molecule has 0 unspecified atom stereocenters. The summed E-state index contributed by atoms with van der Waals surface area (Å²) in [6.45, 7) is 11.5. The van der Waals surface area contributed by atoms with Gasteiger partial charge in [-0.1, -0.05) is 20.3 Å². The van der Waals surface area contributed by atoms with Crippen LogP contribution in [0.15, 0.2) is 0 Å². The average Bonchev–Trinajstić information content (AvgIpc) is 2.89. The van der Waals surface area contributed by atoms with Crippen molar-refractivity contribution in [2.24, 2.45) is 0 Å². The maximum absolute atomic E-state index is 11.9. The third-order valence-electron chi connectivity index (χ3n) is 4.84. The van der Waals surface area contributed by atoms with Crippen LogP contribution in [0.3, 0.4) is 0 Å². The molecule has 0 aromatic heterocycles. The van der Waals surface area contributed by atoms with E-state index in [1.54, 1.807) is 4.90 Å². The van der Waals surface area contributed by atoms with Gasteiger partial charge in [-0.05, 0) is 19.8 Å². The Morgan fingerprint density at radius 3 is 1.42 bits per heavy atom. The zero-order valence-corrected chi connectivity index (χ0v) is 24.4. The van der Waals surface area contributed by atoms with Gasteiger partial charge in [-0.3, -0.25) is 4.79 Å². The van der Waals surface area contributed by atoms with Crippen LogP contribution in [0.2, 0.25) is 0 Å². The van der Waals surface area contributed by atoms with E-state index >= 15 is 0 Å². The van der Waals surface area contributed by atoms with Gasteiger partial charge in [-0.15, -0.1) is 0 Å². The van der Waals surface area contributed by atoms with Gasteiger partial charge in [0.15, 0.2) is 0 Å². The number of rotatable bonds is 21. The first kappa shape index (κ1) is 36.6. The number of thiol groups is 1. The summed E-state index contributed by atoms with van der Waals surface area (Å²) >= 11 is 4.41. The fourth-order valence-electron chi connectivity index (χ4n) is 2.87. The largest absolute Gasteiger partial charge is 0.463 e. The van der Waals surface area contributed by atoms with Crippen LogP contribution in [0.25, 0.3) is 0 Å². The number of hydrogen-bond donors (Lipinski definition) is 1. The summed E-state index contributed by atoms with van der Waals surface area (Å²) in [5, 5.41) is 0.370. The van der Waals surface area contributed by atoms with E-state index in [1.165, 1.54) is 13.3 Å². The Kier molecular flexibility index (Phi) is 26.1. The quantitative estimate of drug-likeness (QED) is 0.126. The standard InChI is InChI=1S/C23H41NO10S.C3H8/c1-20(25)2-3-22(26)33-18-16-31-14-12-29-10-8-28-9-11-30-13-15-32-17-19-34-23(27)24-6-4-21(35)5-7-24;1-3-2/h21,35H,2-19H2,1H3;3H2,1-2H3. The zero-order chi connectivity index (χ0) is 28.3. The summed E-state index contributed by atoms with van der Waals surface area (Å²) in [4.78, 5) is 35.6. The van der Waals surface area contributed by atoms with Crippen LogP contribution < -0.4 is 0 Å². The molecule has 38 heavy (non-hydrogen) atoms. The van der Waals surface area contributed by atoms with Gasteiger partial charge in [0.05, 0.1) is 72.5 Å². The molecule has 0 spiro atoms. The maximum Gasteiger partial charge on any atom is 0.409 e. The lowest BCUT2D eigenvalue weighted by molar-refractivity contribution is -0.146. The third kappa shape index (κ3) is 24.9. The second-order valence-electron chi connectivity index (χ2n) is 8.52. The van der Waals surface area contributed by atoms with Gasteiger partial charge in [0.25, 0.3) is 0 Å². The SMILES string of the molecule is CC(=O)CCC(=O)OCCOCCOCCOCCOCCOCCOC(=O)N1CCC(S)CC1.CCC. The third-order valence-corrected chi connectivity index (χ3v) is 5.35. The van der Waals surface area contributed by atoms with E-state index in [0.29, 0.717) is 77.8 Å². The van der Waals surface area contributed by atoms with Crippen LogP contribution in [0.1, 0.15) is 52.9 Å². The van der Waals surface area contributed by atoms with E-state index < -0.39 is 5.97 Å². The number of carbonyl (C=O) groups excluding carboxylic acids is 3. The Morgan fingerprint density at radius 1 is 0.658 bits per heavy atom. The molecule has 1 aliphatic rings. The number of esters is 1. The van der Waals surface area contributed by atoms with Crippen molar-refractivity contribution in [3.63, 3.8) is 0 Å². The molecule has 1 saturated heterocycles. The first-order valence-electron chi connectivity index (χ1n) is 13.5. The van der Waals surface area contributed by atoms with E-state index in [2.05, 4.69) is 26.5 Å². The molecular weight excluding hydrogens is 518 g/mol. The maximum atomic E-state index is 11.9. The summed E-state index contributed by atoms with van der Waals surface area (Å²) in [5.41, 5.74) is 0. The van der Waals surface area contributed by atoms with Crippen molar-refractivity contribution in [1.82, 2.24) is 4.90 Å². The Bertz CT molecular complexity index is 588. The van der Waals surface area contributed by atoms with Crippen LogP contribution in [0.5, 0.6) is 0 Å². The summed E-state index contributed by atoms with van der Waals surface area (Å²) in [6, 6.07) is 0. The topological polar surface area (TPSA) is 119 Å². The Labute approximate surface area is 233 Å². The monoisotopic (exact) mass is 567 g/mol. The predicted octanol–water partition coefficient (Wildman–Crippen LogP) is 2.93. The van der Waals surface area contributed by atoms with Crippen molar-refractivity contribution in [2.75, 3.05) is 92.4 Å². The Hall–Kier alpha value is -1.44. The molecule has 1 amide bonds. The van der Waals surface area contributed by atoms with Crippen molar-refractivity contribution >= 4 is 30.5 Å². The molecule has 11 nitrogen and oxygen atoms in total. The summed E-state index contributed by atoms with van der Waals surface area (Å²) < 4.78 is 37.0. The number of likely N-dealkylation sites (tertiary alicyclic amines) is 1. The predicted molar refractivity (Wildman–Crippen MR) is 146 cm³/mol. The number of piperidine rings is 1.